The van der Waals surface area contributed by atoms with Crippen LogP contribution in [0.3, 0.4) is 0 Å². The maximum Gasteiger partial charge on any atom is 0.255 e. The van der Waals surface area contributed by atoms with Gasteiger partial charge in [-0.1, -0.05) is 6.92 Å². The van der Waals surface area contributed by atoms with Gasteiger partial charge in [0, 0.05) is 16.9 Å². The van der Waals surface area contributed by atoms with Crippen LogP contribution in [-0.4, -0.2) is 27.2 Å². The van der Waals surface area contributed by atoms with Crippen molar-refractivity contribution in [1.29, 1.82) is 0 Å². The SMILES string of the molecule is CCCS(=O)(=O)Nc1ccc(NC(=O)c2ccc(OC)c(F)c2)cc1. The highest BCUT2D eigenvalue weighted by Gasteiger charge is 2.11. The minimum Gasteiger partial charge on any atom is -0.494 e. The van der Waals surface area contributed by atoms with Gasteiger partial charge in [0.25, 0.3) is 5.91 Å². The van der Waals surface area contributed by atoms with Crippen molar-refractivity contribution >= 4 is 27.3 Å². The number of benzene rings is 2. The largest absolute Gasteiger partial charge is 0.494 e. The summed E-state index contributed by atoms with van der Waals surface area (Å²) in [6.07, 6.45) is 0.516. The lowest BCUT2D eigenvalue weighted by atomic mass is 10.2. The number of rotatable bonds is 7. The number of hydrogen-bond acceptors (Lipinski definition) is 4. The van der Waals surface area contributed by atoms with Crippen LogP contribution in [0, 0.1) is 5.82 Å². The average molecular weight is 366 g/mol. The number of hydrogen-bond donors (Lipinski definition) is 2. The smallest absolute Gasteiger partial charge is 0.255 e. The van der Waals surface area contributed by atoms with Crippen LogP contribution >= 0.6 is 0 Å². The number of sulfonamides is 1. The molecule has 0 radical (unpaired) electrons. The molecule has 0 bridgehead atoms. The Morgan fingerprint density at radius 3 is 2.32 bits per heavy atom. The van der Waals surface area contributed by atoms with Crippen LogP contribution in [0.1, 0.15) is 23.7 Å². The van der Waals surface area contributed by atoms with Gasteiger partial charge in [-0.05, 0) is 48.9 Å². The quantitative estimate of drug-likeness (QED) is 0.788. The molecule has 0 unspecified atom stereocenters. The van der Waals surface area contributed by atoms with E-state index in [1.807, 2.05) is 0 Å². The van der Waals surface area contributed by atoms with E-state index in [0.29, 0.717) is 17.8 Å². The number of halogens is 1. The van der Waals surface area contributed by atoms with E-state index in [1.165, 1.54) is 31.4 Å². The second-order valence-corrected chi connectivity index (χ2v) is 7.14. The van der Waals surface area contributed by atoms with Gasteiger partial charge in [-0.25, -0.2) is 12.8 Å². The average Bonchev–Trinajstić information content (AvgIpc) is 2.56. The molecule has 134 valence electrons. The lowest BCUT2D eigenvalue weighted by Gasteiger charge is -2.09. The maximum absolute atomic E-state index is 13.7. The Hall–Kier alpha value is -2.61. The van der Waals surface area contributed by atoms with Gasteiger partial charge < -0.3 is 10.1 Å². The molecule has 0 saturated carbocycles. The van der Waals surface area contributed by atoms with Gasteiger partial charge in [0.2, 0.25) is 10.0 Å². The van der Waals surface area contributed by atoms with Gasteiger partial charge in [-0.2, -0.15) is 0 Å². The number of nitrogens with one attached hydrogen (secondary N) is 2. The summed E-state index contributed by atoms with van der Waals surface area (Å²) in [4.78, 5) is 12.1. The third-order valence-corrected chi connectivity index (χ3v) is 4.80. The summed E-state index contributed by atoms with van der Waals surface area (Å²) in [5, 5.41) is 2.61. The van der Waals surface area contributed by atoms with Gasteiger partial charge in [0.15, 0.2) is 11.6 Å². The summed E-state index contributed by atoms with van der Waals surface area (Å²) in [6, 6.07) is 10.1. The van der Waals surface area contributed by atoms with Gasteiger partial charge in [0.05, 0.1) is 12.9 Å². The third kappa shape index (κ3) is 5.18. The Morgan fingerprint density at radius 1 is 1.12 bits per heavy atom. The standard InChI is InChI=1S/C17H19FN2O4S/c1-3-10-25(22,23)20-14-7-5-13(6-8-14)19-17(21)12-4-9-16(24-2)15(18)11-12/h4-9,11,20H,3,10H2,1-2H3,(H,19,21). The second kappa shape index (κ2) is 7.98. The molecule has 0 aliphatic carbocycles. The fraction of sp³-hybridized carbons (Fsp3) is 0.235. The van der Waals surface area contributed by atoms with Crippen molar-refractivity contribution < 1.29 is 22.3 Å². The molecule has 2 N–H and O–H groups in total. The minimum atomic E-state index is -3.37. The summed E-state index contributed by atoms with van der Waals surface area (Å²) in [6.45, 7) is 1.78. The van der Waals surface area contributed by atoms with Crippen LogP contribution in [-0.2, 0) is 10.0 Å². The Labute approximate surface area is 146 Å². The molecule has 2 aromatic rings. The van der Waals surface area contributed by atoms with Gasteiger partial charge in [-0.15, -0.1) is 0 Å². The molecule has 0 fully saturated rings. The van der Waals surface area contributed by atoms with E-state index in [1.54, 1.807) is 19.1 Å². The van der Waals surface area contributed by atoms with Crippen LogP contribution in [0.25, 0.3) is 0 Å². The predicted molar refractivity (Wildman–Crippen MR) is 95.0 cm³/mol. The molecule has 0 aliphatic heterocycles. The molecular formula is C17H19FN2O4S. The summed E-state index contributed by atoms with van der Waals surface area (Å²) in [5.74, 6) is -1.02. The van der Waals surface area contributed by atoms with E-state index in [-0.39, 0.29) is 17.1 Å². The first kappa shape index (κ1) is 18.7. The molecular weight excluding hydrogens is 347 g/mol. The molecule has 0 heterocycles. The minimum absolute atomic E-state index is 0.0362. The van der Waals surface area contributed by atoms with Crippen molar-refractivity contribution in [1.82, 2.24) is 0 Å². The van der Waals surface area contributed by atoms with Gasteiger partial charge >= 0.3 is 0 Å². The molecule has 0 spiro atoms. The fourth-order valence-electron chi connectivity index (χ4n) is 2.13. The Kier molecular flexibility index (Phi) is 5.97. The second-order valence-electron chi connectivity index (χ2n) is 5.30. The third-order valence-electron chi connectivity index (χ3n) is 3.30. The van der Waals surface area contributed by atoms with Gasteiger partial charge in [-0.3, -0.25) is 9.52 Å². The van der Waals surface area contributed by atoms with Crippen LogP contribution in [0.15, 0.2) is 42.5 Å². The zero-order chi connectivity index (χ0) is 18.4. The monoisotopic (exact) mass is 366 g/mol. The molecule has 2 rings (SSSR count). The van der Waals surface area contributed by atoms with E-state index >= 15 is 0 Å². The van der Waals surface area contributed by atoms with E-state index in [4.69, 9.17) is 4.74 Å². The fourth-order valence-corrected chi connectivity index (χ4v) is 3.27. The van der Waals surface area contributed by atoms with Crippen LogP contribution in [0.5, 0.6) is 5.75 Å². The van der Waals surface area contributed by atoms with Crippen molar-refractivity contribution in [2.75, 3.05) is 22.9 Å². The summed E-state index contributed by atoms with van der Waals surface area (Å²) >= 11 is 0. The van der Waals surface area contributed by atoms with E-state index < -0.39 is 21.7 Å². The molecule has 2 aromatic carbocycles. The predicted octanol–water partition coefficient (Wildman–Crippen LogP) is 3.24. The lowest BCUT2D eigenvalue weighted by molar-refractivity contribution is 0.102. The van der Waals surface area contributed by atoms with E-state index in [2.05, 4.69) is 10.0 Å². The first-order chi connectivity index (χ1) is 11.8. The van der Waals surface area contributed by atoms with Crippen molar-refractivity contribution in [2.45, 2.75) is 13.3 Å². The first-order valence-electron chi connectivity index (χ1n) is 7.60. The molecule has 0 aliphatic rings. The molecule has 0 atom stereocenters. The zero-order valence-electron chi connectivity index (χ0n) is 13.9. The molecule has 25 heavy (non-hydrogen) atoms. The Morgan fingerprint density at radius 2 is 1.76 bits per heavy atom. The number of methoxy groups -OCH3 is 1. The number of carbonyl (C=O) groups is 1. The van der Waals surface area contributed by atoms with Crippen molar-refractivity contribution in [3.63, 3.8) is 0 Å². The number of ether oxygens (including phenoxy) is 1. The van der Waals surface area contributed by atoms with Gasteiger partial charge in [0.1, 0.15) is 0 Å². The maximum atomic E-state index is 13.7. The normalized spacial score (nSPS) is 11.0. The molecule has 0 aromatic heterocycles. The highest BCUT2D eigenvalue weighted by molar-refractivity contribution is 7.92. The number of carbonyl (C=O) groups excluding carboxylic acids is 1. The molecule has 6 nitrogen and oxygen atoms in total. The van der Waals surface area contributed by atoms with Crippen molar-refractivity contribution in [3.8, 4) is 5.75 Å². The molecule has 0 saturated heterocycles. The highest BCUT2D eigenvalue weighted by atomic mass is 32.2. The summed E-state index contributed by atoms with van der Waals surface area (Å²) in [5.41, 5.74) is 1.01. The summed E-state index contributed by atoms with van der Waals surface area (Å²) < 4.78 is 44.3. The van der Waals surface area contributed by atoms with E-state index in [9.17, 15) is 17.6 Å². The molecule has 8 heteroatoms. The van der Waals surface area contributed by atoms with Crippen molar-refractivity contribution in [2.24, 2.45) is 0 Å². The first-order valence-corrected chi connectivity index (χ1v) is 9.25. The Bertz CT molecular complexity index is 851. The van der Waals surface area contributed by atoms with Crippen molar-refractivity contribution in [3.05, 3.63) is 53.8 Å². The van der Waals surface area contributed by atoms with Crippen LogP contribution in [0.2, 0.25) is 0 Å². The Balaban J connectivity index is 2.05. The number of anilines is 2. The van der Waals surface area contributed by atoms with Crippen LogP contribution in [0.4, 0.5) is 15.8 Å². The summed E-state index contributed by atoms with van der Waals surface area (Å²) in [7, 11) is -2.02. The van der Waals surface area contributed by atoms with E-state index in [0.717, 1.165) is 6.07 Å². The van der Waals surface area contributed by atoms with Crippen LogP contribution < -0.4 is 14.8 Å². The molecule has 1 amide bonds. The number of amides is 1. The zero-order valence-corrected chi connectivity index (χ0v) is 14.7. The highest BCUT2D eigenvalue weighted by Crippen LogP contribution is 2.20. The lowest BCUT2D eigenvalue weighted by Crippen LogP contribution is -2.16. The topological polar surface area (TPSA) is 84.5 Å².